The number of halogens is 1. The lowest BCUT2D eigenvalue weighted by atomic mass is 9.52. The fourth-order valence-electron chi connectivity index (χ4n) is 6.77. The lowest BCUT2D eigenvalue weighted by Gasteiger charge is -2.48. The summed E-state index contributed by atoms with van der Waals surface area (Å²) >= 11 is 3.48. The number of amides is 2. The highest BCUT2D eigenvalue weighted by atomic mass is 79.9. The highest BCUT2D eigenvalue weighted by molar-refractivity contribution is 9.10. The van der Waals surface area contributed by atoms with Crippen molar-refractivity contribution in [2.75, 3.05) is 0 Å². The Labute approximate surface area is 183 Å². The molecule has 0 aliphatic heterocycles. The van der Waals surface area contributed by atoms with E-state index in [0.717, 1.165) is 22.9 Å². The van der Waals surface area contributed by atoms with Crippen LogP contribution in [-0.2, 0) is 21.5 Å². The van der Waals surface area contributed by atoms with Gasteiger partial charge in [-0.2, -0.15) is 0 Å². The van der Waals surface area contributed by atoms with Gasteiger partial charge in [-0.1, -0.05) is 40.2 Å². The minimum atomic E-state index is -1.13. The molecule has 5 rings (SSSR count). The van der Waals surface area contributed by atoms with Gasteiger partial charge in [-0.3, -0.25) is 9.59 Å². The van der Waals surface area contributed by atoms with Crippen LogP contribution in [-0.4, -0.2) is 21.4 Å². The maximum absolute atomic E-state index is 13.4. The first-order valence-corrected chi connectivity index (χ1v) is 11.2. The van der Waals surface area contributed by atoms with E-state index in [1.807, 2.05) is 35.0 Å². The van der Waals surface area contributed by atoms with E-state index in [4.69, 9.17) is 11.5 Å². The number of primary amides is 2. The zero-order chi connectivity index (χ0) is 21.1. The Bertz CT molecular complexity index is 1030. The van der Waals surface area contributed by atoms with Crippen LogP contribution in [0.25, 0.3) is 0 Å². The highest BCUT2D eigenvalue weighted by Gasteiger charge is 2.82. The third kappa shape index (κ3) is 2.27. The van der Waals surface area contributed by atoms with E-state index in [0.29, 0.717) is 19.4 Å². The Morgan fingerprint density at radius 1 is 1.10 bits per heavy atom. The summed E-state index contributed by atoms with van der Waals surface area (Å²) in [5.41, 5.74) is 11.0. The van der Waals surface area contributed by atoms with Crippen LogP contribution < -0.4 is 11.5 Å². The minimum Gasteiger partial charge on any atom is -0.369 e. The van der Waals surface area contributed by atoms with Crippen LogP contribution >= 0.6 is 15.9 Å². The van der Waals surface area contributed by atoms with Gasteiger partial charge < -0.3 is 16.0 Å². The summed E-state index contributed by atoms with van der Waals surface area (Å²) in [4.78, 5) is 30.8. The number of rotatable bonds is 7. The summed E-state index contributed by atoms with van der Waals surface area (Å²) in [7, 11) is 0. The molecule has 0 unspecified atom stereocenters. The third-order valence-electron chi connectivity index (χ3n) is 7.94. The highest BCUT2D eigenvalue weighted by Crippen LogP contribution is 2.80. The molecule has 6 nitrogen and oxygen atoms in total. The molecule has 0 saturated heterocycles. The van der Waals surface area contributed by atoms with E-state index >= 15 is 0 Å². The predicted octanol–water partition coefficient (Wildman–Crippen LogP) is 2.92. The Morgan fingerprint density at radius 3 is 2.37 bits per heavy atom. The normalized spacial score (nSPS) is 32.6. The molecule has 3 aliphatic carbocycles. The Hall–Kier alpha value is -2.41. The first-order chi connectivity index (χ1) is 14.4. The predicted molar refractivity (Wildman–Crippen MR) is 116 cm³/mol. The second kappa shape index (κ2) is 6.54. The molecular weight excluding hydrogens is 444 g/mol. The molecule has 1 aromatic carbocycles. The molecular formula is C23H25BrN4O2. The van der Waals surface area contributed by atoms with Crippen molar-refractivity contribution in [1.82, 2.24) is 9.55 Å². The molecule has 7 heteroatoms. The maximum Gasteiger partial charge on any atom is 0.229 e. The zero-order valence-electron chi connectivity index (χ0n) is 16.6. The first kappa shape index (κ1) is 19.5. The average Bonchev–Trinajstić information content (AvgIpc) is 3.08. The SMILES string of the molecule is NC(=O)[C@]1(CCCn2ccnc2)[C@@H]2C=C[C@@H](C23CC3)[C@@]1(C(N)=O)c1ccc(Br)cc1. The van der Waals surface area contributed by atoms with Gasteiger partial charge >= 0.3 is 0 Å². The molecule has 1 spiro atoms. The molecule has 30 heavy (non-hydrogen) atoms. The Balaban J connectivity index is 1.67. The second-order valence-electron chi connectivity index (χ2n) is 8.99. The summed E-state index contributed by atoms with van der Waals surface area (Å²) in [5.74, 6) is -1.03. The third-order valence-corrected chi connectivity index (χ3v) is 8.47. The van der Waals surface area contributed by atoms with Gasteiger partial charge in [-0.25, -0.2) is 4.98 Å². The average molecular weight is 469 g/mol. The summed E-state index contributed by atoms with van der Waals surface area (Å²) in [5, 5.41) is 0. The van der Waals surface area contributed by atoms with Gasteiger partial charge in [0.25, 0.3) is 0 Å². The molecule has 1 heterocycles. The fourth-order valence-corrected chi connectivity index (χ4v) is 7.03. The van der Waals surface area contributed by atoms with Gasteiger partial charge in [-0.15, -0.1) is 0 Å². The molecule has 2 saturated carbocycles. The van der Waals surface area contributed by atoms with Gasteiger partial charge in [0.15, 0.2) is 0 Å². The number of aromatic nitrogens is 2. The molecule has 4 N–H and O–H groups in total. The van der Waals surface area contributed by atoms with Crippen LogP contribution in [0, 0.1) is 22.7 Å². The van der Waals surface area contributed by atoms with Gasteiger partial charge in [-0.05, 0) is 54.7 Å². The molecule has 156 valence electrons. The topological polar surface area (TPSA) is 104 Å². The van der Waals surface area contributed by atoms with Crippen LogP contribution in [0.15, 0.2) is 59.6 Å². The molecule has 2 bridgehead atoms. The van der Waals surface area contributed by atoms with E-state index in [2.05, 4.69) is 33.1 Å². The number of nitrogens with zero attached hydrogens (tertiary/aromatic N) is 2. The molecule has 2 fully saturated rings. The largest absolute Gasteiger partial charge is 0.369 e. The fraction of sp³-hybridized carbons (Fsp3) is 0.435. The molecule has 2 amide bonds. The van der Waals surface area contributed by atoms with Crippen molar-refractivity contribution in [3.63, 3.8) is 0 Å². The zero-order valence-corrected chi connectivity index (χ0v) is 18.2. The number of nitrogens with two attached hydrogens (primary N) is 2. The lowest BCUT2D eigenvalue weighted by Crippen LogP contribution is -2.62. The Morgan fingerprint density at radius 2 is 1.80 bits per heavy atom. The van der Waals surface area contributed by atoms with Gasteiger partial charge in [0, 0.05) is 29.3 Å². The van der Waals surface area contributed by atoms with Crippen molar-refractivity contribution in [2.45, 2.75) is 37.6 Å². The van der Waals surface area contributed by atoms with Crippen molar-refractivity contribution in [3.8, 4) is 0 Å². The van der Waals surface area contributed by atoms with Crippen LogP contribution in [0.2, 0.25) is 0 Å². The second-order valence-corrected chi connectivity index (χ2v) is 9.91. The van der Waals surface area contributed by atoms with Crippen LogP contribution in [0.1, 0.15) is 31.2 Å². The summed E-state index contributed by atoms with van der Waals surface area (Å²) < 4.78 is 2.89. The van der Waals surface area contributed by atoms with Gasteiger partial charge in [0.2, 0.25) is 11.8 Å². The number of benzene rings is 1. The van der Waals surface area contributed by atoms with Crippen molar-refractivity contribution < 1.29 is 9.59 Å². The van der Waals surface area contributed by atoms with Gasteiger partial charge in [0.1, 0.15) is 0 Å². The number of imidazole rings is 1. The summed E-state index contributed by atoms with van der Waals surface area (Å²) in [6, 6.07) is 7.67. The number of aryl methyl sites for hydroxylation is 1. The number of hydrogen-bond donors (Lipinski definition) is 2. The number of hydrogen-bond acceptors (Lipinski definition) is 3. The van der Waals surface area contributed by atoms with Crippen molar-refractivity contribution in [2.24, 2.45) is 34.1 Å². The van der Waals surface area contributed by atoms with E-state index in [-0.39, 0.29) is 17.3 Å². The van der Waals surface area contributed by atoms with Crippen LogP contribution in [0.4, 0.5) is 0 Å². The molecule has 4 atom stereocenters. The monoisotopic (exact) mass is 468 g/mol. The van der Waals surface area contributed by atoms with E-state index in [1.165, 1.54) is 0 Å². The number of carbonyl (C=O) groups excluding carboxylic acids is 2. The van der Waals surface area contributed by atoms with Crippen molar-refractivity contribution in [1.29, 1.82) is 0 Å². The lowest BCUT2D eigenvalue weighted by molar-refractivity contribution is -0.144. The van der Waals surface area contributed by atoms with Crippen LogP contribution in [0.3, 0.4) is 0 Å². The quantitative estimate of drug-likeness (QED) is 0.610. The first-order valence-electron chi connectivity index (χ1n) is 10.4. The van der Waals surface area contributed by atoms with E-state index in [1.54, 1.807) is 12.5 Å². The molecule has 1 aromatic heterocycles. The smallest absolute Gasteiger partial charge is 0.229 e. The Kier molecular flexibility index (Phi) is 4.26. The van der Waals surface area contributed by atoms with E-state index < -0.39 is 22.6 Å². The molecule has 3 aliphatic rings. The summed E-state index contributed by atoms with van der Waals surface area (Å²) in [6.45, 7) is 0.707. The molecule has 0 radical (unpaired) electrons. The van der Waals surface area contributed by atoms with Crippen molar-refractivity contribution in [3.05, 3.63) is 65.2 Å². The summed E-state index contributed by atoms with van der Waals surface area (Å²) in [6.07, 6.45) is 12.9. The van der Waals surface area contributed by atoms with E-state index in [9.17, 15) is 9.59 Å². The number of allylic oxidation sites excluding steroid dienone is 2. The number of carbonyl (C=O) groups is 2. The molecule has 2 aromatic rings. The standard InChI is InChI=1S/C23H25BrN4O2/c24-16-4-2-15(3-5-16)23(20(26)30)18-7-6-17(21(18)9-10-21)22(23,19(25)29)8-1-12-28-13-11-27-14-28/h2-7,11,13-14,17-18H,1,8-10,12H2,(H2,25,29)(H2,26,30)/t17-,18+,22+,23-/m1/s1. The van der Waals surface area contributed by atoms with Crippen molar-refractivity contribution >= 4 is 27.7 Å². The minimum absolute atomic E-state index is 0.0635. The maximum atomic E-state index is 13.4. The van der Waals surface area contributed by atoms with Crippen LogP contribution in [0.5, 0.6) is 0 Å². The van der Waals surface area contributed by atoms with Gasteiger partial charge in [0.05, 0.1) is 17.2 Å².